The molecule has 1 aromatic rings. The minimum absolute atomic E-state index is 0.0475. The number of hydrogen-bond donors (Lipinski definition) is 2. The van der Waals surface area contributed by atoms with Crippen molar-refractivity contribution in [3.05, 3.63) is 27.3 Å². The van der Waals surface area contributed by atoms with Crippen LogP contribution in [-0.2, 0) is 4.79 Å². The van der Waals surface area contributed by atoms with Crippen molar-refractivity contribution in [1.82, 2.24) is 5.32 Å². The molecule has 2 atom stereocenters. The number of amides is 1. The number of anilines is 1. The van der Waals surface area contributed by atoms with Gasteiger partial charge >= 0.3 is 0 Å². The molecule has 4 heteroatoms. The van der Waals surface area contributed by atoms with Crippen LogP contribution in [0.15, 0.2) is 18.2 Å². The second-order valence-corrected chi connectivity index (χ2v) is 5.89. The highest BCUT2D eigenvalue weighted by Gasteiger charge is 2.29. The predicted molar refractivity (Wildman–Crippen MR) is 78.1 cm³/mol. The van der Waals surface area contributed by atoms with Gasteiger partial charge in [-0.2, -0.15) is 0 Å². The number of hydrogen-bond acceptors (Lipinski definition) is 2. The number of halogens is 1. The van der Waals surface area contributed by atoms with Gasteiger partial charge in [-0.15, -0.1) is 0 Å². The van der Waals surface area contributed by atoms with Crippen molar-refractivity contribution in [2.45, 2.75) is 26.3 Å². The zero-order valence-electron chi connectivity index (χ0n) is 10.1. The smallest absolute Gasteiger partial charge is 0.241 e. The van der Waals surface area contributed by atoms with E-state index in [1.165, 1.54) is 3.57 Å². The summed E-state index contributed by atoms with van der Waals surface area (Å²) in [5.74, 6) is 0.499. The van der Waals surface area contributed by atoms with Crippen molar-refractivity contribution in [1.29, 1.82) is 0 Å². The fourth-order valence-corrected chi connectivity index (χ4v) is 2.81. The van der Waals surface area contributed by atoms with Crippen molar-refractivity contribution in [2.24, 2.45) is 5.92 Å². The Bertz CT molecular complexity index is 433. The first kappa shape index (κ1) is 12.8. The first-order valence-corrected chi connectivity index (χ1v) is 6.96. The summed E-state index contributed by atoms with van der Waals surface area (Å²) in [5, 5.41) is 6.25. The number of carbonyl (C=O) groups is 1. The van der Waals surface area contributed by atoms with Crippen LogP contribution >= 0.6 is 22.6 Å². The largest absolute Gasteiger partial charge is 0.324 e. The molecule has 0 spiro atoms. The monoisotopic (exact) mass is 344 g/mol. The van der Waals surface area contributed by atoms with Crippen molar-refractivity contribution in [3.63, 3.8) is 0 Å². The summed E-state index contributed by atoms with van der Waals surface area (Å²) in [6.07, 6.45) is 1.07. The van der Waals surface area contributed by atoms with Crippen molar-refractivity contribution in [2.75, 3.05) is 11.9 Å². The SMILES string of the molecule is Cc1cc(I)ccc1NC(=O)C1NCCC1C. The molecule has 1 saturated heterocycles. The molecule has 1 fully saturated rings. The molecular formula is C13H17IN2O. The van der Waals surface area contributed by atoms with Crippen LogP contribution in [0.2, 0.25) is 0 Å². The summed E-state index contributed by atoms with van der Waals surface area (Å²) < 4.78 is 1.19. The van der Waals surface area contributed by atoms with E-state index in [9.17, 15) is 4.79 Å². The second-order valence-electron chi connectivity index (χ2n) is 4.65. The molecule has 2 N–H and O–H groups in total. The van der Waals surface area contributed by atoms with Crippen LogP contribution < -0.4 is 10.6 Å². The quantitative estimate of drug-likeness (QED) is 0.810. The van der Waals surface area contributed by atoms with Gasteiger partial charge in [0.2, 0.25) is 5.91 Å². The number of rotatable bonds is 2. The van der Waals surface area contributed by atoms with Crippen LogP contribution in [0.25, 0.3) is 0 Å². The average molecular weight is 344 g/mol. The predicted octanol–water partition coefficient (Wildman–Crippen LogP) is 2.54. The van der Waals surface area contributed by atoms with E-state index in [2.05, 4.69) is 46.2 Å². The maximum Gasteiger partial charge on any atom is 0.241 e. The highest BCUT2D eigenvalue weighted by atomic mass is 127. The van der Waals surface area contributed by atoms with E-state index < -0.39 is 0 Å². The number of carbonyl (C=O) groups excluding carboxylic acids is 1. The molecule has 0 aliphatic carbocycles. The zero-order valence-corrected chi connectivity index (χ0v) is 12.2. The van der Waals surface area contributed by atoms with E-state index in [0.717, 1.165) is 24.2 Å². The third-order valence-electron chi connectivity index (χ3n) is 3.26. The molecule has 1 aliphatic heterocycles. The van der Waals surface area contributed by atoms with Gasteiger partial charge in [0.1, 0.15) is 0 Å². The van der Waals surface area contributed by atoms with E-state index in [-0.39, 0.29) is 11.9 Å². The Morgan fingerprint density at radius 1 is 1.53 bits per heavy atom. The fourth-order valence-electron chi connectivity index (χ4n) is 2.16. The molecule has 0 radical (unpaired) electrons. The average Bonchev–Trinajstić information content (AvgIpc) is 2.68. The second kappa shape index (κ2) is 5.35. The highest BCUT2D eigenvalue weighted by Crippen LogP contribution is 2.20. The Morgan fingerprint density at radius 3 is 2.88 bits per heavy atom. The molecule has 1 amide bonds. The minimum Gasteiger partial charge on any atom is -0.324 e. The summed E-state index contributed by atoms with van der Waals surface area (Å²) in [6.45, 7) is 5.07. The summed E-state index contributed by atoms with van der Waals surface area (Å²) in [6, 6.07) is 6.00. The van der Waals surface area contributed by atoms with Gasteiger partial charge in [-0.05, 0) is 72.2 Å². The first-order chi connectivity index (χ1) is 8.08. The summed E-state index contributed by atoms with van der Waals surface area (Å²) in [7, 11) is 0. The molecule has 1 heterocycles. The van der Waals surface area contributed by atoms with Crippen molar-refractivity contribution in [3.8, 4) is 0 Å². The molecular weight excluding hydrogens is 327 g/mol. The van der Waals surface area contributed by atoms with Gasteiger partial charge in [0, 0.05) is 9.26 Å². The van der Waals surface area contributed by atoms with Crippen LogP contribution in [-0.4, -0.2) is 18.5 Å². The summed E-state index contributed by atoms with van der Waals surface area (Å²) in [4.78, 5) is 12.1. The van der Waals surface area contributed by atoms with Gasteiger partial charge in [0.15, 0.2) is 0 Å². The Balaban J connectivity index is 2.07. The highest BCUT2D eigenvalue weighted by molar-refractivity contribution is 14.1. The molecule has 0 saturated carbocycles. The Labute approximate surface area is 116 Å². The maximum atomic E-state index is 12.1. The van der Waals surface area contributed by atoms with Crippen LogP contribution in [0.1, 0.15) is 18.9 Å². The molecule has 0 aromatic heterocycles. The van der Waals surface area contributed by atoms with Crippen LogP contribution in [0.3, 0.4) is 0 Å². The van der Waals surface area contributed by atoms with E-state index in [1.54, 1.807) is 0 Å². The molecule has 2 unspecified atom stereocenters. The molecule has 2 rings (SSSR count). The molecule has 17 heavy (non-hydrogen) atoms. The number of nitrogens with one attached hydrogen (secondary N) is 2. The Morgan fingerprint density at radius 2 is 2.29 bits per heavy atom. The minimum atomic E-state index is -0.0475. The summed E-state index contributed by atoms with van der Waals surface area (Å²) >= 11 is 2.27. The lowest BCUT2D eigenvalue weighted by atomic mass is 10.0. The summed E-state index contributed by atoms with van der Waals surface area (Å²) in [5.41, 5.74) is 2.02. The molecule has 92 valence electrons. The fraction of sp³-hybridized carbons (Fsp3) is 0.462. The normalized spacial score (nSPS) is 23.7. The topological polar surface area (TPSA) is 41.1 Å². The third kappa shape index (κ3) is 2.98. The van der Waals surface area contributed by atoms with Gasteiger partial charge in [-0.25, -0.2) is 0 Å². The standard InChI is InChI=1S/C13H17IN2O/c1-8-5-6-15-12(8)13(17)16-11-4-3-10(14)7-9(11)2/h3-4,7-8,12,15H,5-6H2,1-2H3,(H,16,17). The van der Waals surface area contributed by atoms with Crippen LogP contribution in [0.4, 0.5) is 5.69 Å². The van der Waals surface area contributed by atoms with E-state index in [4.69, 9.17) is 0 Å². The van der Waals surface area contributed by atoms with E-state index >= 15 is 0 Å². The number of benzene rings is 1. The van der Waals surface area contributed by atoms with E-state index in [1.807, 2.05) is 19.1 Å². The molecule has 0 bridgehead atoms. The molecule has 3 nitrogen and oxygen atoms in total. The first-order valence-electron chi connectivity index (χ1n) is 5.88. The lowest BCUT2D eigenvalue weighted by molar-refractivity contribution is -0.118. The third-order valence-corrected chi connectivity index (χ3v) is 3.93. The van der Waals surface area contributed by atoms with Gasteiger partial charge in [-0.1, -0.05) is 6.92 Å². The maximum absolute atomic E-state index is 12.1. The molecule has 1 aliphatic rings. The van der Waals surface area contributed by atoms with Crippen LogP contribution in [0, 0.1) is 16.4 Å². The van der Waals surface area contributed by atoms with Crippen LogP contribution in [0.5, 0.6) is 0 Å². The van der Waals surface area contributed by atoms with Gasteiger partial charge in [0.25, 0.3) is 0 Å². The van der Waals surface area contributed by atoms with E-state index in [0.29, 0.717) is 5.92 Å². The van der Waals surface area contributed by atoms with Gasteiger partial charge < -0.3 is 10.6 Å². The number of aryl methyl sites for hydroxylation is 1. The van der Waals surface area contributed by atoms with Gasteiger partial charge in [0.05, 0.1) is 6.04 Å². The Hall–Kier alpha value is -0.620. The van der Waals surface area contributed by atoms with Crippen molar-refractivity contribution >= 4 is 34.2 Å². The molecule has 1 aromatic carbocycles. The zero-order chi connectivity index (χ0) is 12.4. The Kier molecular flexibility index (Phi) is 4.04. The van der Waals surface area contributed by atoms with Crippen molar-refractivity contribution < 1.29 is 4.79 Å². The van der Waals surface area contributed by atoms with Gasteiger partial charge in [-0.3, -0.25) is 4.79 Å². The lowest BCUT2D eigenvalue weighted by Gasteiger charge is -2.16. The lowest BCUT2D eigenvalue weighted by Crippen LogP contribution is -2.39.